The van der Waals surface area contributed by atoms with Crippen LogP contribution < -0.4 is 15.4 Å². The maximum Gasteiger partial charge on any atom is 0.191 e. The molecule has 166 valence electrons. The molecular formula is C23H31IN6O. The molecule has 0 saturated heterocycles. The number of halogens is 1. The molecule has 0 bridgehead atoms. The summed E-state index contributed by atoms with van der Waals surface area (Å²) in [5.41, 5.74) is 3.47. The van der Waals surface area contributed by atoms with Gasteiger partial charge in [-0.1, -0.05) is 23.8 Å². The fourth-order valence-electron chi connectivity index (χ4n) is 3.20. The van der Waals surface area contributed by atoms with Crippen LogP contribution in [0.4, 0.5) is 0 Å². The predicted octanol–water partition coefficient (Wildman–Crippen LogP) is 3.81. The number of aromatic nitrogens is 3. The number of nitrogens with one attached hydrogen (secondary N) is 2. The van der Waals surface area contributed by atoms with Crippen LogP contribution in [0, 0.1) is 13.8 Å². The minimum Gasteiger partial charge on any atom is -0.496 e. The molecule has 3 aromatic rings. The third-order valence-corrected chi connectivity index (χ3v) is 4.77. The first-order valence-corrected chi connectivity index (χ1v) is 10.2. The van der Waals surface area contributed by atoms with Crippen LogP contribution in [0.2, 0.25) is 0 Å². The Morgan fingerprint density at radius 2 is 1.97 bits per heavy atom. The normalized spacial score (nSPS) is 11.0. The summed E-state index contributed by atoms with van der Waals surface area (Å²) in [6.45, 7) is 8.24. The number of ether oxygens (including phenoxy) is 1. The van der Waals surface area contributed by atoms with E-state index in [2.05, 4.69) is 51.6 Å². The molecule has 0 spiro atoms. The van der Waals surface area contributed by atoms with E-state index in [9.17, 15) is 0 Å². The van der Waals surface area contributed by atoms with Crippen molar-refractivity contribution in [2.45, 2.75) is 33.7 Å². The van der Waals surface area contributed by atoms with Crippen molar-refractivity contribution in [2.75, 3.05) is 20.2 Å². The number of aryl methyl sites for hydroxylation is 2. The highest BCUT2D eigenvalue weighted by atomic mass is 127. The van der Waals surface area contributed by atoms with Crippen LogP contribution in [0.25, 0.3) is 5.82 Å². The molecule has 0 fully saturated rings. The Morgan fingerprint density at radius 1 is 1.13 bits per heavy atom. The molecule has 0 aliphatic heterocycles. The van der Waals surface area contributed by atoms with Crippen molar-refractivity contribution in [3.05, 3.63) is 71.4 Å². The Hall–Kier alpha value is -2.62. The lowest BCUT2D eigenvalue weighted by molar-refractivity contribution is 0.409. The minimum absolute atomic E-state index is 0. The van der Waals surface area contributed by atoms with Gasteiger partial charge in [0.15, 0.2) is 5.96 Å². The van der Waals surface area contributed by atoms with Gasteiger partial charge in [-0.15, -0.1) is 24.0 Å². The molecule has 0 saturated carbocycles. The summed E-state index contributed by atoms with van der Waals surface area (Å²) < 4.78 is 7.42. The zero-order chi connectivity index (χ0) is 21.3. The van der Waals surface area contributed by atoms with Crippen molar-refractivity contribution >= 4 is 29.9 Å². The monoisotopic (exact) mass is 534 g/mol. The lowest BCUT2D eigenvalue weighted by atomic mass is 10.1. The van der Waals surface area contributed by atoms with Crippen LogP contribution in [0.5, 0.6) is 5.75 Å². The first-order chi connectivity index (χ1) is 14.6. The van der Waals surface area contributed by atoms with Crippen molar-refractivity contribution in [3.63, 3.8) is 0 Å². The molecule has 0 atom stereocenters. The zero-order valence-corrected chi connectivity index (χ0v) is 20.9. The maximum absolute atomic E-state index is 5.47. The van der Waals surface area contributed by atoms with Gasteiger partial charge in [-0.2, -0.15) is 0 Å². The number of rotatable bonds is 8. The number of methoxy groups -OCH3 is 1. The van der Waals surface area contributed by atoms with Gasteiger partial charge >= 0.3 is 0 Å². The molecule has 2 heterocycles. The molecule has 0 aliphatic rings. The number of hydrogen-bond donors (Lipinski definition) is 2. The zero-order valence-electron chi connectivity index (χ0n) is 18.6. The van der Waals surface area contributed by atoms with E-state index in [1.54, 1.807) is 13.3 Å². The fraction of sp³-hybridized carbons (Fsp3) is 0.348. The Balaban J connectivity index is 0.00000341. The number of benzene rings is 1. The van der Waals surface area contributed by atoms with Gasteiger partial charge in [0.25, 0.3) is 0 Å². The van der Waals surface area contributed by atoms with E-state index >= 15 is 0 Å². The first-order valence-electron chi connectivity index (χ1n) is 10.2. The van der Waals surface area contributed by atoms with Gasteiger partial charge in [0.1, 0.15) is 17.4 Å². The molecule has 0 radical (unpaired) electrons. The van der Waals surface area contributed by atoms with E-state index < -0.39 is 0 Å². The first kappa shape index (κ1) is 24.6. The highest BCUT2D eigenvalue weighted by Crippen LogP contribution is 2.19. The van der Waals surface area contributed by atoms with Crippen molar-refractivity contribution in [1.29, 1.82) is 0 Å². The largest absolute Gasteiger partial charge is 0.496 e. The van der Waals surface area contributed by atoms with E-state index in [0.717, 1.165) is 48.4 Å². The molecule has 0 unspecified atom stereocenters. The van der Waals surface area contributed by atoms with E-state index in [4.69, 9.17) is 4.74 Å². The van der Waals surface area contributed by atoms with Crippen molar-refractivity contribution in [2.24, 2.45) is 4.99 Å². The molecule has 3 rings (SSSR count). The van der Waals surface area contributed by atoms with Crippen molar-refractivity contribution in [1.82, 2.24) is 25.2 Å². The molecular weight excluding hydrogens is 503 g/mol. The number of aliphatic imine (C=N–C) groups is 1. The average Bonchev–Trinajstić information content (AvgIpc) is 3.18. The molecule has 0 amide bonds. The average molecular weight is 534 g/mol. The van der Waals surface area contributed by atoms with E-state index in [1.807, 2.05) is 42.1 Å². The molecule has 7 nitrogen and oxygen atoms in total. The molecule has 8 heteroatoms. The second-order valence-corrected chi connectivity index (χ2v) is 7.06. The second-order valence-electron chi connectivity index (χ2n) is 7.06. The number of hydrogen-bond acceptors (Lipinski definition) is 4. The van der Waals surface area contributed by atoms with Gasteiger partial charge in [0, 0.05) is 31.7 Å². The number of imidazole rings is 1. The van der Waals surface area contributed by atoms with E-state index in [-0.39, 0.29) is 24.0 Å². The lowest BCUT2D eigenvalue weighted by Gasteiger charge is -2.13. The Bertz CT molecular complexity index is 984. The third-order valence-electron chi connectivity index (χ3n) is 4.77. The Labute approximate surface area is 201 Å². The Kier molecular flexibility index (Phi) is 9.77. The topological polar surface area (TPSA) is 76.4 Å². The van der Waals surface area contributed by atoms with Gasteiger partial charge in [-0.3, -0.25) is 4.57 Å². The SMILES string of the molecule is CCNC(=NCc1ccc(-n2ccnc2C)nc1)NCCc1cc(C)ccc1OC.I. The minimum atomic E-state index is 0. The summed E-state index contributed by atoms with van der Waals surface area (Å²) in [6.07, 6.45) is 6.40. The number of nitrogens with zero attached hydrogens (tertiary/aromatic N) is 4. The second kappa shape index (κ2) is 12.3. The van der Waals surface area contributed by atoms with Crippen molar-refractivity contribution < 1.29 is 4.74 Å². The fourth-order valence-corrected chi connectivity index (χ4v) is 3.20. The lowest BCUT2D eigenvalue weighted by Crippen LogP contribution is -2.38. The van der Waals surface area contributed by atoms with Crippen LogP contribution in [-0.4, -0.2) is 40.7 Å². The van der Waals surface area contributed by atoms with Crippen LogP contribution in [0.15, 0.2) is 53.9 Å². The highest BCUT2D eigenvalue weighted by Gasteiger charge is 2.05. The van der Waals surface area contributed by atoms with Crippen LogP contribution >= 0.6 is 24.0 Å². The molecule has 0 aliphatic carbocycles. The summed E-state index contributed by atoms with van der Waals surface area (Å²) in [7, 11) is 1.71. The van der Waals surface area contributed by atoms with Gasteiger partial charge in [-0.25, -0.2) is 15.0 Å². The van der Waals surface area contributed by atoms with E-state index in [1.165, 1.54) is 11.1 Å². The maximum atomic E-state index is 5.47. The predicted molar refractivity (Wildman–Crippen MR) is 136 cm³/mol. The third kappa shape index (κ3) is 6.95. The molecule has 2 aromatic heterocycles. The van der Waals surface area contributed by atoms with Gasteiger partial charge in [0.2, 0.25) is 0 Å². The van der Waals surface area contributed by atoms with Crippen LogP contribution in [-0.2, 0) is 13.0 Å². The quantitative estimate of drug-likeness (QED) is 0.261. The summed E-state index contributed by atoms with van der Waals surface area (Å²) in [5.74, 6) is 3.48. The van der Waals surface area contributed by atoms with Gasteiger partial charge < -0.3 is 15.4 Å². The van der Waals surface area contributed by atoms with Crippen LogP contribution in [0.1, 0.15) is 29.4 Å². The van der Waals surface area contributed by atoms with Gasteiger partial charge in [-0.05, 0) is 50.5 Å². The molecule has 1 aromatic carbocycles. The van der Waals surface area contributed by atoms with Gasteiger partial charge in [0.05, 0.1) is 13.7 Å². The van der Waals surface area contributed by atoms with Crippen molar-refractivity contribution in [3.8, 4) is 11.6 Å². The molecule has 31 heavy (non-hydrogen) atoms. The van der Waals surface area contributed by atoms with E-state index in [0.29, 0.717) is 6.54 Å². The summed E-state index contributed by atoms with van der Waals surface area (Å²) in [5, 5.41) is 6.70. The van der Waals surface area contributed by atoms with Crippen LogP contribution in [0.3, 0.4) is 0 Å². The summed E-state index contributed by atoms with van der Waals surface area (Å²) in [6, 6.07) is 10.3. The summed E-state index contributed by atoms with van der Waals surface area (Å²) >= 11 is 0. The molecule has 2 N–H and O–H groups in total. The highest BCUT2D eigenvalue weighted by molar-refractivity contribution is 14.0. The smallest absolute Gasteiger partial charge is 0.191 e. The standard InChI is InChI=1S/C23H30N6O.HI/c1-5-24-23(26-11-10-20-14-17(2)6-8-21(20)30-4)28-16-19-7-9-22(27-15-19)29-13-12-25-18(29)3;/h6-9,12-15H,5,10-11,16H2,1-4H3,(H2,24,26,28);1H. The Morgan fingerprint density at radius 3 is 2.61 bits per heavy atom. The number of guanidine groups is 1. The number of pyridine rings is 1. The summed E-state index contributed by atoms with van der Waals surface area (Å²) in [4.78, 5) is 13.5.